The Morgan fingerprint density at radius 2 is 1.77 bits per heavy atom. The lowest BCUT2D eigenvalue weighted by Crippen LogP contribution is -2.06. The summed E-state index contributed by atoms with van der Waals surface area (Å²) in [7, 11) is 0. The highest BCUT2D eigenvalue weighted by Gasteiger charge is 2.07. The molecule has 2 aromatic carbocycles. The molecule has 1 aromatic heterocycles. The minimum absolute atomic E-state index is 0.597. The summed E-state index contributed by atoms with van der Waals surface area (Å²) in [6.45, 7) is 3.02. The first-order chi connectivity index (χ1) is 10.8. The molecule has 0 aliphatic rings. The van der Waals surface area contributed by atoms with E-state index in [1.807, 2.05) is 48.5 Å². The molecule has 3 rings (SSSR count). The molecule has 0 fully saturated rings. The van der Waals surface area contributed by atoms with Gasteiger partial charge in [-0.05, 0) is 42.8 Å². The van der Waals surface area contributed by atoms with Gasteiger partial charge in [0.2, 0.25) is 5.95 Å². The van der Waals surface area contributed by atoms with Gasteiger partial charge in [-0.1, -0.05) is 35.0 Å². The third kappa shape index (κ3) is 3.36. The van der Waals surface area contributed by atoms with Crippen LogP contribution in [0.5, 0.6) is 0 Å². The van der Waals surface area contributed by atoms with E-state index in [-0.39, 0.29) is 0 Å². The second-order valence-corrected chi connectivity index (χ2v) is 5.89. The van der Waals surface area contributed by atoms with Crippen LogP contribution in [0, 0.1) is 0 Å². The molecule has 0 bridgehead atoms. The summed E-state index contributed by atoms with van der Waals surface area (Å²) in [6.07, 6.45) is 1.05. The summed E-state index contributed by atoms with van der Waals surface area (Å²) in [5.74, 6) is 1.46. The van der Waals surface area contributed by atoms with E-state index in [4.69, 9.17) is 0 Å². The van der Waals surface area contributed by atoms with E-state index >= 15 is 0 Å². The standard InChI is InChI=1S/C17H17BrN4/c1-2-11-19-16-14-5-3-4-6-15(14)21-17(22-16)20-13-9-7-12(18)8-10-13/h3-10H,2,11H2,1H3,(H2,19,20,21,22). The Kier molecular flexibility index (Phi) is 4.53. The number of nitrogens with one attached hydrogen (secondary N) is 2. The topological polar surface area (TPSA) is 49.8 Å². The number of nitrogens with zero attached hydrogens (tertiary/aromatic N) is 2. The predicted molar refractivity (Wildman–Crippen MR) is 95.7 cm³/mol. The number of hydrogen-bond donors (Lipinski definition) is 2. The first-order valence-corrected chi connectivity index (χ1v) is 8.09. The molecule has 2 N–H and O–H groups in total. The van der Waals surface area contributed by atoms with Gasteiger partial charge in [-0.15, -0.1) is 0 Å². The number of benzene rings is 2. The number of para-hydroxylation sites is 1. The third-order valence-corrected chi connectivity index (χ3v) is 3.77. The Balaban J connectivity index is 1.96. The van der Waals surface area contributed by atoms with Gasteiger partial charge < -0.3 is 10.6 Å². The van der Waals surface area contributed by atoms with Crippen molar-refractivity contribution in [3.8, 4) is 0 Å². The van der Waals surface area contributed by atoms with Gasteiger partial charge >= 0.3 is 0 Å². The van der Waals surface area contributed by atoms with Crippen molar-refractivity contribution in [2.75, 3.05) is 17.2 Å². The van der Waals surface area contributed by atoms with Crippen LogP contribution in [-0.4, -0.2) is 16.5 Å². The number of halogens is 1. The summed E-state index contributed by atoms with van der Waals surface area (Å²) < 4.78 is 1.04. The highest BCUT2D eigenvalue weighted by molar-refractivity contribution is 9.10. The van der Waals surface area contributed by atoms with Crippen LogP contribution in [0.15, 0.2) is 53.0 Å². The van der Waals surface area contributed by atoms with Crippen molar-refractivity contribution in [1.29, 1.82) is 0 Å². The average Bonchev–Trinajstić information content (AvgIpc) is 2.55. The molecule has 0 saturated heterocycles. The van der Waals surface area contributed by atoms with Crippen molar-refractivity contribution < 1.29 is 0 Å². The fraction of sp³-hybridized carbons (Fsp3) is 0.176. The maximum atomic E-state index is 4.61. The fourth-order valence-corrected chi connectivity index (χ4v) is 2.44. The second kappa shape index (κ2) is 6.75. The van der Waals surface area contributed by atoms with Crippen LogP contribution in [0.4, 0.5) is 17.5 Å². The largest absolute Gasteiger partial charge is 0.369 e. The Hall–Kier alpha value is -2.14. The zero-order chi connectivity index (χ0) is 15.4. The molecule has 0 radical (unpaired) electrons. The van der Waals surface area contributed by atoms with Crippen molar-refractivity contribution in [3.05, 3.63) is 53.0 Å². The monoisotopic (exact) mass is 356 g/mol. The number of hydrogen-bond acceptors (Lipinski definition) is 4. The van der Waals surface area contributed by atoms with E-state index in [1.54, 1.807) is 0 Å². The molecule has 0 amide bonds. The molecule has 5 heteroatoms. The van der Waals surface area contributed by atoms with Crippen LogP contribution in [-0.2, 0) is 0 Å². The van der Waals surface area contributed by atoms with E-state index in [0.29, 0.717) is 5.95 Å². The van der Waals surface area contributed by atoms with Crippen molar-refractivity contribution in [2.45, 2.75) is 13.3 Å². The summed E-state index contributed by atoms with van der Waals surface area (Å²) in [6, 6.07) is 16.0. The molecule has 3 aromatic rings. The predicted octanol–water partition coefficient (Wildman–Crippen LogP) is 4.96. The highest BCUT2D eigenvalue weighted by atomic mass is 79.9. The molecule has 0 unspecified atom stereocenters. The lowest BCUT2D eigenvalue weighted by atomic mass is 10.2. The van der Waals surface area contributed by atoms with E-state index in [1.165, 1.54) is 0 Å². The maximum absolute atomic E-state index is 4.61. The van der Waals surface area contributed by atoms with Gasteiger partial charge in [0.1, 0.15) is 5.82 Å². The minimum atomic E-state index is 0.597. The first-order valence-electron chi connectivity index (χ1n) is 7.29. The lowest BCUT2D eigenvalue weighted by Gasteiger charge is -2.11. The van der Waals surface area contributed by atoms with Crippen LogP contribution >= 0.6 is 15.9 Å². The maximum Gasteiger partial charge on any atom is 0.229 e. The Bertz CT molecular complexity index is 771. The van der Waals surface area contributed by atoms with Gasteiger partial charge in [-0.3, -0.25) is 0 Å². The second-order valence-electron chi connectivity index (χ2n) is 4.97. The average molecular weight is 357 g/mol. The number of fused-ring (bicyclic) bond motifs is 1. The molecule has 4 nitrogen and oxygen atoms in total. The smallest absolute Gasteiger partial charge is 0.229 e. The van der Waals surface area contributed by atoms with Crippen LogP contribution in [0.3, 0.4) is 0 Å². The van der Waals surface area contributed by atoms with Crippen molar-refractivity contribution >= 4 is 44.3 Å². The van der Waals surface area contributed by atoms with Gasteiger partial charge in [-0.2, -0.15) is 4.98 Å². The Labute approximate surface area is 138 Å². The van der Waals surface area contributed by atoms with E-state index < -0.39 is 0 Å². The van der Waals surface area contributed by atoms with Gasteiger partial charge in [0.05, 0.1) is 5.52 Å². The summed E-state index contributed by atoms with van der Waals surface area (Å²) >= 11 is 3.43. The number of anilines is 3. The number of aromatic nitrogens is 2. The molecule has 1 heterocycles. The molecular weight excluding hydrogens is 340 g/mol. The fourth-order valence-electron chi connectivity index (χ4n) is 2.17. The molecule has 0 spiro atoms. The normalized spacial score (nSPS) is 10.6. The van der Waals surface area contributed by atoms with Gasteiger partial charge in [-0.25, -0.2) is 4.98 Å². The SMILES string of the molecule is CCCNc1nc(Nc2ccc(Br)cc2)nc2ccccc12. The van der Waals surface area contributed by atoms with Crippen molar-refractivity contribution in [1.82, 2.24) is 9.97 Å². The van der Waals surface area contributed by atoms with Gasteiger partial charge in [0.25, 0.3) is 0 Å². The van der Waals surface area contributed by atoms with Crippen LogP contribution in [0.25, 0.3) is 10.9 Å². The molecule has 22 heavy (non-hydrogen) atoms. The van der Waals surface area contributed by atoms with Gasteiger partial charge in [0.15, 0.2) is 0 Å². The summed E-state index contributed by atoms with van der Waals surface area (Å²) in [4.78, 5) is 9.20. The van der Waals surface area contributed by atoms with Crippen LogP contribution in [0.2, 0.25) is 0 Å². The minimum Gasteiger partial charge on any atom is -0.369 e. The van der Waals surface area contributed by atoms with E-state index in [9.17, 15) is 0 Å². The van der Waals surface area contributed by atoms with Crippen molar-refractivity contribution in [3.63, 3.8) is 0 Å². The quantitative estimate of drug-likeness (QED) is 0.678. The number of rotatable bonds is 5. The molecule has 0 aliphatic carbocycles. The summed E-state index contributed by atoms with van der Waals surface area (Å²) in [5.41, 5.74) is 1.88. The highest BCUT2D eigenvalue weighted by Crippen LogP contribution is 2.24. The Morgan fingerprint density at radius 1 is 1.00 bits per heavy atom. The molecule has 0 saturated carbocycles. The zero-order valence-electron chi connectivity index (χ0n) is 12.3. The zero-order valence-corrected chi connectivity index (χ0v) is 13.9. The molecule has 112 valence electrons. The first kappa shape index (κ1) is 14.8. The van der Waals surface area contributed by atoms with E-state index in [0.717, 1.165) is 39.8 Å². The van der Waals surface area contributed by atoms with Gasteiger partial charge in [0, 0.05) is 22.1 Å². The van der Waals surface area contributed by atoms with E-state index in [2.05, 4.69) is 43.5 Å². The van der Waals surface area contributed by atoms with Crippen LogP contribution < -0.4 is 10.6 Å². The molecule has 0 atom stereocenters. The molecular formula is C17H17BrN4. The van der Waals surface area contributed by atoms with Crippen LogP contribution in [0.1, 0.15) is 13.3 Å². The van der Waals surface area contributed by atoms with Crippen molar-refractivity contribution in [2.24, 2.45) is 0 Å². The third-order valence-electron chi connectivity index (χ3n) is 3.25. The summed E-state index contributed by atoms with van der Waals surface area (Å²) in [5, 5.41) is 7.67. The molecule has 0 aliphatic heterocycles. The lowest BCUT2D eigenvalue weighted by molar-refractivity contribution is 0.970. The Morgan fingerprint density at radius 3 is 2.55 bits per heavy atom.